The van der Waals surface area contributed by atoms with E-state index in [1.54, 1.807) is 24.3 Å². The third-order valence-corrected chi connectivity index (χ3v) is 3.86. The first kappa shape index (κ1) is 17.8. The number of nitrogens with one attached hydrogen (secondary N) is 1. The number of non-ortho nitro benzene ring substituents is 1. The Morgan fingerprint density at radius 3 is 2.85 bits per heavy atom. The zero-order valence-electron chi connectivity index (χ0n) is 13.6. The summed E-state index contributed by atoms with van der Waals surface area (Å²) in [6.07, 6.45) is 3.66. The molecule has 0 saturated carbocycles. The highest BCUT2D eigenvalue weighted by Crippen LogP contribution is 2.38. The van der Waals surface area contributed by atoms with Gasteiger partial charge in [0.15, 0.2) is 11.5 Å². The molecular formula is C18H15ClN2O5. The lowest BCUT2D eigenvalue weighted by Gasteiger charge is -2.10. The van der Waals surface area contributed by atoms with Gasteiger partial charge in [-0.25, -0.2) is 0 Å². The smallest absolute Gasteiger partial charge is 0.271 e. The molecule has 0 bridgehead atoms. The fourth-order valence-electron chi connectivity index (χ4n) is 2.40. The number of carbonyl (C=O) groups excluding carboxylic acids is 1. The number of rotatable bonds is 4. The molecule has 7 nitrogen and oxygen atoms in total. The first-order chi connectivity index (χ1) is 12.5. The van der Waals surface area contributed by atoms with Crippen molar-refractivity contribution >= 4 is 35.0 Å². The average molecular weight is 375 g/mol. The number of fused-ring (bicyclic) bond motifs is 1. The normalized spacial score (nSPS) is 13.3. The van der Waals surface area contributed by atoms with E-state index in [9.17, 15) is 14.9 Å². The quantitative estimate of drug-likeness (QED) is 0.495. The largest absolute Gasteiger partial charge is 0.489 e. The highest BCUT2D eigenvalue weighted by Gasteiger charge is 2.15. The maximum atomic E-state index is 12.0. The summed E-state index contributed by atoms with van der Waals surface area (Å²) in [5, 5.41) is 13.7. The first-order valence-electron chi connectivity index (χ1n) is 7.85. The Kier molecular flexibility index (Phi) is 5.38. The second kappa shape index (κ2) is 7.88. The number of halogens is 1. The third kappa shape index (κ3) is 4.31. The summed E-state index contributed by atoms with van der Waals surface area (Å²) in [7, 11) is 0. The van der Waals surface area contributed by atoms with Gasteiger partial charge in [-0.3, -0.25) is 14.9 Å². The van der Waals surface area contributed by atoms with Crippen molar-refractivity contribution in [1.82, 2.24) is 0 Å². The molecule has 1 amide bonds. The van der Waals surface area contributed by atoms with E-state index < -0.39 is 10.8 Å². The lowest BCUT2D eigenvalue weighted by atomic mass is 10.2. The molecule has 0 atom stereocenters. The molecule has 2 aromatic rings. The average Bonchev–Trinajstić information content (AvgIpc) is 2.86. The van der Waals surface area contributed by atoms with Crippen LogP contribution < -0.4 is 14.8 Å². The van der Waals surface area contributed by atoms with E-state index >= 15 is 0 Å². The van der Waals surface area contributed by atoms with Gasteiger partial charge in [-0.1, -0.05) is 17.7 Å². The van der Waals surface area contributed by atoms with Gasteiger partial charge in [0.1, 0.15) is 0 Å². The van der Waals surface area contributed by atoms with Crippen molar-refractivity contribution in [2.75, 3.05) is 18.5 Å². The maximum absolute atomic E-state index is 12.0. The maximum Gasteiger partial charge on any atom is 0.271 e. The number of nitro groups is 1. The Hall–Kier alpha value is -3.06. The monoisotopic (exact) mass is 374 g/mol. The second-order valence-electron chi connectivity index (χ2n) is 5.51. The molecule has 0 aliphatic carbocycles. The summed E-state index contributed by atoms with van der Waals surface area (Å²) in [6, 6.07) is 9.13. The van der Waals surface area contributed by atoms with Crippen LogP contribution in [0.1, 0.15) is 12.0 Å². The van der Waals surface area contributed by atoms with Crippen LogP contribution in [0.4, 0.5) is 11.4 Å². The van der Waals surface area contributed by atoms with Gasteiger partial charge in [-0.05, 0) is 29.8 Å². The minimum atomic E-state index is -0.523. The van der Waals surface area contributed by atoms with E-state index in [1.165, 1.54) is 24.3 Å². The predicted octanol–water partition coefficient (Wildman–Crippen LogP) is 4.06. The highest BCUT2D eigenvalue weighted by atomic mass is 35.5. The molecule has 1 heterocycles. The van der Waals surface area contributed by atoms with E-state index in [2.05, 4.69) is 5.32 Å². The zero-order chi connectivity index (χ0) is 18.5. The van der Waals surface area contributed by atoms with Crippen molar-refractivity contribution in [2.45, 2.75) is 6.42 Å². The molecule has 1 N–H and O–H groups in total. The topological polar surface area (TPSA) is 90.7 Å². The van der Waals surface area contributed by atoms with Gasteiger partial charge in [-0.2, -0.15) is 0 Å². The molecule has 0 saturated heterocycles. The number of hydrogen-bond donors (Lipinski definition) is 1. The molecule has 2 aromatic carbocycles. The number of hydrogen-bond acceptors (Lipinski definition) is 5. The summed E-state index contributed by atoms with van der Waals surface area (Å²) in [5.74, 6) is 0.616. The van der Waals surface area contributed by atoms with Crippen LogP contribution in [0, 0.1) is 10.1 Å². The highest BCUT2D eigenvalue weighted by molar-refractivity contribution is 6.32. The van der Waals surface area contributed by atoms with Crippen molar-refractivity contribution in [3.05, 3.63) is 63.2 Å². The number of carbonyl (C=O) groups is 1. The van der Waals surface area contributed by atoms with Gasteiger partial charge < -0.3 is 14.8 Å². The number of ether oxygens (including phenoxy) is 2. The van der Waals surface area contributed by atoms with Gasteiger partial charge in [0.25, 0.3) is 5.69 Å². The SMILES string of the molecule is O=C(/C=C/c1cc(Cl)c2c(c1)OCCCO2)Nc1cccc([N+](=O)[O-])c1. The molecule has 0 fully saturated rings. The Balaban J connectivity index is 1.72. The molecule has 0 unspecified atom stereocenters. The Morgan fingerprint density at radius 2 is 2.04 bits per heavy atom. The molecule has 1 aliphatic rings. The van der Waals surface area contributed by atoms with Crippen LogP contribution in [0.15, 0.2) is 42.5 Å². The number of anilines is 1. The van der Waals surface area contributed by atoms with Crippen molar-refractivity contribution < 1.29 is 19.2 Å². The minimum Gasteiger partial charge on any atom is -0.489 e. The molecule has 0 radical (unpaired) electrons. The predicted molar refractivity (Wildman–Crippen MR) is 97.8 cm³/mol. The number of nitro benzene ring substituents is 1. The summed E-state index contributed by atoms with van der Waals surface area (Å²) < 4.78 is 11.2. The van der Waals surface area contributed by atoms with Crippen molar-refractivity contribution in [3.63, 3.8) is 0 Å². The fraction of sp³-hybridized carbons (Fsp3) is 0.167. The molecule has 0 aromatic heterocycles. The van der Waals surface area contributed by atoms with Gasteiger partial charge in [0.2, 0.25) is 5.91 Å². The molecule has 3 rings (SSSR count). The number of nitrogens with zero attached hydrogens (tertiary/aromatic N) is 1. The van der Waals surface area contributed by atoms with E-state index in [1.807, 2.05) is 0 Å². The summed E-state index contributed by atoms with van der Waals surface area (Å²) >= 11 is 6.21. The van der Waals surface area contributed by atoms with Crippen LogP contribution >= 0.6 is 11.6 Å². The number of amides is 1. The molecule has 1 aliphatic heterocycles. The summed E-state index contributed by atoms with van der Waals surface area (Å²) in [4.78, 5) is 22.3. The Labute approximate surface area is 154 Å². The van der Waals surface area contributed by atoms with Gasteiger partial charge in [0, 0.05) is 30.3 Å². The van der Waals surface area contributed by atoms with E-state index in [4.69, 9.17) is 21.1 Å². The van der Waals surface area contributed by atoms with E-state index in [-0.39, 0.29) is 5.69 Å². The summed E-state index contributed by atoms with van der Waals surface area (Å²) in [6.45, 7) is 1.07. The van der Waals surface area contributed by atoms with Gasteiger partial charge in [0.05, 0.1) is 23.2 Å². The fourth-order valence-corrected chi connectivity index (χ4v) is 2.67. The van der Waals surface area contributed by atoms with Crippen LogP contribution in [-0.2, 0) is 4.79 Å². The lowest BCUT2D eigenvalue weighted by Crippen LogP contribution is -2.07. The molecule has 134 valence electrons. The van der Waals surface area contributed by atoms with Gasteiger partial charge >= 0.3 is 0 Å². The standard InChI is InChI=1S/C18H15ClN2O5/c19-15-9-12(10-16-18(15)26-8-2-7-25-16)5-6-17(22)20-13-3-1-4-14(11-13)21(23)24/h1,3-6,9-11H,2,7-8H2,(H,20,22)/b6-5+. The second-order valence-corrected chi connectivity index (χ2v) is 5.92. The number of benzene rings is 2. The lowest BCUT2D eigenvalue weighted by molar-refractivity contribution is -0.384. The van der Waals surface area contributed by atoms with Crippen LogP contribution in [-0.4, -0.2) is 24.0 Å². The molecule has 0 spiro atoms. The van der Waals surface area contributed by atoms with Crippen LogP contribution in [0.25, 0.3) is 6.08 Å². The zero-order valence-corrected chi connectivity index (χ0v) is 14.4. The summed E-state index contributed by atoms with van der Waals surface area (Å²) in [5.41, 5.74) is 0.917. The van der Waals surface area contributed by atoms with Crippen LogP contribution in [0.2, 0.25) is 5.02 Å². The Bertz CT molecular complexity index is 882. The minimum absolute atomic E-state index is 0.0959. The molecule has 26 heavy (non-hydrogen) atoms. The van der Waals surface area contributed by atoms with Gasteiger partial charge in [-0.15, -0.1) is 0 Å². The van der Waals surface area contributed by atoms with Crippen molar-refractivity contribution in [2.24, 2.45) is 0 Å². The molecular weight excluding hydrogens is 360 g/mol. The Morgan fingerprint density at radius 1 is 1.23 bits per heavy atom. The van der Waals surface area contributed by atoms with E-state index in [0.29, 0.717) is 41.0 Å². The molecule has 8 heteroatoms. The van der Waals surface area contributed by atoms with Crippen molar-refractivity contribution in [1.29, 1.82) is 0 Å². The first-order valence-corrected chi connectivity index (χ1v) is 8.23. The van der Waals surface area contributed by atoms with E-state index in [0.717, 1.165) is 6.42 Å². The van der Waals surface area contributed by atoms with Crippen LogP contribution in [0.5, 0.6) is 11.5 Å². The van der Waals surface area contributed by atoms with Crippen molar-refractivity contribution in [3.8, 4) is 11.5 Å². The van der Waals surface area contributed by atoms with Crippen LogP contribution in [0.3, 0.4) is 0 Å². The third-order valence-electron chi connectivity index (χ3n) is 3.58.